The van der Waals surface area contributed by atoms with E-state index in [0.29, 0.717) is 24.6 Å². The zero-order valence-corrected chi connectivity index (χ0v) is 16.6. The number of rotatable bonds is 6. The Labute approximate surface area is 164 Å². The molecular formula is C20H26ClFN4O. The van der Waals surface area contributed by atoms with E-state index in [1.807, 2.05) is 12.4 Å². The lowest BCUT2D eigenvalue weighted by Gasteiger charge is -2.32. The highest BCUT2D eigenvalue weighted by Crippen LogP contribution is 2.29. The predicted octanol–water partition coefficient (Wildman–Crippen LogP) is 3.65. The summed E-state index contributed by atoms with van der Waals surface area (Å²) in [5.74, 6) is 0.900. The monoisotopic (exact) mass is 392 g/mol. The number of imidazole rings is 1. The summed E-state index contributed by atoms with van der Waals surface area (Å²) in [4.78, 5) is 21.2. The molecule has 3 rings (SSSR count). The third-order valence-corrected chi connectivity index (χ3v) is 5.37. The van der Waals surface area contributed by atoms with Crippen molar-refractivity contribution in [2.75, 3.05) is 33.7 Å². The van der Waals surface area contributed by atoms with Gasteiger partial charge >= 0.3 is 0 Å². The van der Waals surface area contributed by atoms with E-state index in [9.17, 15) is 9.18 Å². The molecule has 0 radical (unpaired) electrons. The molecule has 0 atom stereocenters. The molecule has 1 fully saturated rings. The smallest absolute Gasteiger partial charge is 0.255 e. The zero-order chi connectivity index (χ0) is 19.4. The fraction of sp³-hybridized carbons (Fsp3) is 0.500. The molecule has 1 aromatic carbocycles. The minimum absolute atomic E-state index is 0.132. The van der Waals surface area contributed by atoms with Gasteiger partial charge in [0.1, 0.15) is 11.6 Å². The van der Waals surface area contributed by atoms with Crippen LogP contribution in [0.5, 0.6) is 0 Å². The normalized spacial score (nSPS) is 15.5. The molecule has 1 saturated heterocycles. The predicted molar refractivity (Wildman–Crippen MR) is 105 cm³/mol. The number of hydrogen-bond donors (Lipinski definition) is 0. The Balaban J connectivity index is 1.59. The molecule has 7 heteroatoms. The molecule has 0 saturated carbocycles. The van der Waals surface area contributed by atoms with Gasteiger partial charge in [-0.15, -0.1) is 0 Å². The second-order valence-electron chi connectivity index (χ2n) is 7.33. The molecule has 0 bridgehead atoms. The first-order valence-corrected chi connectivity index (χ1v) is 9.73. The molecule has 1 amide bonds. The van der Waals surface area contributed by atoms with Crippen LogP contribution in [0.25, 0.3) is 0 Å². The second kappa shape index (κ2) is 8.85. The van der Waals surface area contributed by atoms with Crippen molar-refractivity contribution in [3.05, 3.63) is 52.8 Å². The molecule has 1 aromatic heterocycles. The van der Waals surface area contributed by atoms with Crippen LogP contribution in [0.3, 0.4) is 0 Å². The van der Waals surface area contributed by atoms with Crippen molar-refractivity contribution in [1.82, 2.24) is 19.4 Å². The summed E-state index contributed by atoms with van der Waals surface area (Å²) in [6.07, 6.45) is 6.73. The minimum atomic E-state index is -0.434. The van der Waals surface area contributed by atoms with Gasteiger partial charge in [0.05, 0.1) is 10.6 Å². The lowest BCUT2D eigenvalue weighted by atomic mass is 9.95. The van der Waals surface area contributed by atoms with Crippen LogP contribution < -0.4 is 0 Å². The number of amides is 1. The average molecular weight is 393 g/mol. The largest absolute Gasteiger partial charge is 0.339 e. The van der Waals surface area contributed by atoms with Crippen molar-refractivity contribution in [3.8, 4) is 0 Å². The molecule has 0 unspecified atom stereocenters. The summed E-state index contributed by atoms with van der Waals surface area (Å²) in [6.45, 7) is 3.31. The van der Waals surface area contributed by atoms with Gasteiger partial charge in [0, 0.05) is 37.9 Å². The Morgan fingerprint density at radius 2 is 2.07 bits per heavy atom. The Kier molecular flexibility index (Phi) is 6.50. The molecule has 2 aromatic rings. The summed E-state index contributed by atoms with van der Waals surface area (Å²) in [5, 5.41) is 0.165. The van der Waals surface area contributed by atoms with Gasteiger partial charge in [-0.1, -0.05) is 11.6 Å². The van der Waals surface area contributed by atoms with Crippen molar-refractivity contribution in [2.24, 2.45) is 0 Å². The maximum Gasteiger partial charge on any atom is 0.255 e. The number of likely N-dealkylation sites (tertiary alicyclic amines) is 1. The Morgan fingerprint density at radius 3 is 2.74 bits per heavy atom. The number of piperidine rings is 1. The van der Waals surface area contributed by atoms with E-state index in [2.05, 4.69) is 28.5 Å². The third kappa shape index (κ3) is 4.87. The van der Waals surface area contributed by atoms with Gasteiger partial charge in [0.25, 0.3) is 5.91 Å². The van der Waals surface area contributed by atoms with Crippen molar-refractivity contribution in [2.45, 2.75) is 31.7 Å². The van der Waals surface area contributed by atoms with Gasteiger partial charge < -0.3 is 14.4 Å². The fourth-order valence-electron chi connectivity index (χ4n) is 3.60. The zero-order valence-electron chi connectivity index (χ0n) is 15.9. The van der Waals surface area contributed by atoms with Crippen LogP contribution in [-0.2, 0) is 6.54 Å². The van der Waals surface area contributed by atoms with E-state index in [-0.39, 0.29) is 10.9 Å². The number of nitrogens with zero attached hydrogens (tertiary/aromatic N) is 4. The minimum Gasteiger partial charge on any atom is -0.339 e. The van der Waals surface area contributed by atoms with Gasteiger partial charge in [0.2, 0.25) is 0 Å². The number of aromatic nitrogens is 2. The molecule has 1 aliphatic rings. The first-order valence-electron chi connectivity index (χ1n) is 9.36. The molecule has 146 valence electrons. The first-order chi connectivity index (χ1) is 13.0. The van der Waals surface area contributed by atoms with Gasteiger partial charge in [-0.3, -0.25) is 4.79 Å². The lowest BCUT2D eigenvalue weighted by Crippen LogP contribution is -2.38. The van der Waals surface area contributed by atoms with Crippen LogP contribution in [0.4, 0.5) is 4.39 Å². The van der Waals surface area contributed by atoms with E-state index < -0.39 is 5.82 Å². The van der Waals surface area contributed by atoms with Gasteiger partial charge in [-0.2, -0.15) is 0 Å². The topological polar surface area (TPSA) is 41.4 Å². The molecule has 5 nitrogen and oxygen atoms in total. The van der Waals surface area contributed by atoms with Gasteiger partial charge in [0.15, 0.2) is 0 Å². The number of benzene rings is 1. The number of hydrogen-bond acceptors (Lipinski definition) is 3. The Hall–Kier alpha value is -1.92. The van der Waals surface area contributed by atoms with Crippen LogP contribution in [-0.4, -0.2) is 59.0 Å². The molecule has 1 aliphatic heterocycles. The summed E-state index contributed by atoms with van der Waals surface area (Å²) in [7, 11) is 4.16. The molecule has 27 heavy (non-hydrogen) atoms. The Morgan fingerprint density at radius 1 is 1.33 bits per heavy atom. The van der Waals surface area contributed by atoms with Crippen LogP contribution in [0.15, 0.2) is 30.6 Å². The average Bonchev–Trinajstić information content (AvgIpc) is 3.09. The van der Waals surface area contributed by atoms with Crippen LogP contribution in [0.1, 0.15) is 41.4 Å². The molecule has 0 aliphatic carbocycles. The number of halogens is 2. The highest BCUT2D eigenvalue weighted by molar-refractivity contribution is 6.33. The number of carbonyl (C=O) groups is 1. The van der Waals surface area contributed by atoms with Gasteiger partial charge in [-0.25, -0.2) is 9.37 Å². The summed E-state index contributed by atoms with van der Waals surface area (Å²) in [5.41, 5.74) is 0.363. The quantitative estimate of drug-likeness (QED) is 0.753. The number of aryl methyl sites for hydroxylation is 1. The van der Waals surface area contributed by atoms with Crippen LogP contribution in [0.2, 0.25) is 5.02 Å². The van der Waals surface area contributed by atoms with E-state index in [1.54, 1.807) is 4.90 Å². The molecular weight excluding hydrogens is 367 g/mol. The van der Waals surface area contributed by atoms with Crippen LogP contribution >= 0.6 is 11.6 Å². The summed E-state index contributed by atoms with van der Waals surface area (Å²) < 4.78 is 15.4. The maximum absolute atomic E-state index is 13.2. The first kappa shape index (κ1) is 19.8. The van der Waals surface area contributed by atoms with Crippen molar-refractivity contribution >= 4 is 17.5 Å². The highest BCUT2D eigenvalue weighted by Gasteiger charge is 2.27. The van der Waals surface area contributed by atoms with Crippen molar-refractivity contribution in [1.29, 1.82) is 0 Å². The maximum atomic E-state index is 13.2. The summed E-state index contributed by atoms with van der Waals surface area (Å²) in [6, 6.07) is 3.92. The molecule has 0 spiro atoms. The SMILES string of the molecule is CN(C)CCCn1ccnc1C1CCN(C(=O)c2ccc(F)cc2Cl)CC1. The van der Waals surface area contributed by atoms with E-state index in [4.69, 9.17) is 11.6 Å². The molecule has 0 N–H and O–H groups in total. The van der Waals surface area contributed by atoms with E-state index in [0.717, 1.165) is 38.2 Å². The van der Waals surface area contributed by atoms with E-state index in [1.165, 1.54) is 18.2 Å². The van der Waals surface area contributed by atoms with Gasteiger partial charge in [-0.05, 0) is 58.1 Å². The highest BCUT2D eigenvalue weighted by atomic mass is 35.5. The standard InChI is InChI=1S/C20H26ClFN4O/c1-24(2)9-3-10-25-13-8-23-19(25)15-6-11-26(12-7-15)20(27)17-5-4-16(22)14-18(17)21/h4-5,8,13-15H,3,6-7,9-12H2,1-2H3. The Bertz CT molecular complexity index is 784. The second-order valence-corrected chi connectivity index (χ2v) is 7.73. The van der Waals surface area contributed by atoms with Crippen molar-refractivity contribution in [3.63, 3.8) is 0 Å². The number of carbonyl (C=O) groups excluding carboxylic acids is 1. The van der Waals surface area contributed by atoms with Crippen molar-refractivity contribution < 1.29 is 9.18 Å². The van der Waals surface area contributed by atoms with Crippen LogP contribution in [0, 0.1) is 5.82 Å². The third-order valence-electron chi connectivity index (χ3n) is 5.06. The van der Waals surface area contributed by atoms with E-state index >= 15 is 0 Å². The molecule has 2 heterocycles. The lowest BCUT2D eigenvalue weighted by molar-refractivity contribution is 0.0710. The summed E-state index contributed by atoms with van der Waals surface area (Å²) >= 11 is 6.04. The fourth-order valence-corrected chi connectivity index (χ4v) is 3.85.